The van der Waals surface area contributed by atoms with Gasteiger partial charge in [-0.1, -0.05) is 32.0 Å². The van der Waals surface area contributed by atoms with Crippen molar-refractivity contribution in [3.63, 3.8) is 0 Å². The van der Waals surface area contributed by atoms with Gasteiger partial charge in [-0.2, -0.15) is 5.10 Å². The minimum absolute atomic E-state index is 0.00241. The fraction of sp³-hybridized carbons (Fsp3) is 0.452. The van der Waals surface area contributed by atoms with Crippen LogP contribution in [0.2, 0.25) is 0 Å². The second kappa shape index (κ2) is 11.2. The maximum atomic E-state index is 15.9. The van der Waals surface area contributed by atoms with E-state index in [9.17, 15) is 9.59 Å². The number of carbonyl (C=O) groups is 2. The molecule has 0 saturated carbocycles. The van der Waals surface area contributed by atoms with Gasteiger partial charge in [-0.15, -0.1) is 0 Å². The molecule has 0 bridgehead atoms. The largest absolute Gasteiger partial charge is 0.381 e. The number of nitrogens with zero attached hydrogens (tertiary/aromatic N) is 3. The molecular weight excluding hydrogens is 528 g/mol. The number of rotatable bonds is 6. The minimum atomic E-state index is -0.993. The lowest BCUT2D eigenvalue weighted by Gasteiger charge is -2.44. The van der Waals surface area contributed by atoms with Crippen molar-refractivity contribution < 1.29 is 23.1 Å². The smallest absolute Gasteiger partial charge is 0.316 e. The summed E-state index contributed by atoms with van der Waals surface area (Å²) in [4.78, 5) is 27.1. The zero-order chi connectivity index (χ0) is 29.5. The number of benzene rings is 2. The van der Waals surface area contributed by atoms with Crippen LogP contribution in [0.3, 0.4) is 0 Å². The first kappa shape index (κ1) is 28.7. The van der Waals surface area contributed by atoms with Crippen molar-refractivity contribution in [2.45, 2.75) is 71.9 Å². The number of halogens is 2. The summed E-state index contributed by atoms with van der Waals surface area (Å²) >= 11 is 0. The third-order valence-electron chi connectivity index (χ3n) is 8.30. The second-order valence-electron chi connectivity index (χ2n) is 11.4. The molecule has 8 nitrogen and oxygen atoms in total. The molecule has 3 aromatic rings. The molecule has 5 rings (SSSR count). The van der Waals surface area contributed by atoms with Gasteiger partial charge >= 0.3 is 6.03 Å². The number of ether oxygens (including phenoxy) is 1. The minimum Gasteiger partial charge on any atom is -0.381 e. The topological polar surface area (TPSA) is 102 Å². The molecule has 41 heavy (non-hydrogen) atoms. The van der Waals surface area contributed by atoms with E-state index in [0.717, 1.165) is 34.6 Å². The highest BCUT2D eigenvalue weighted by Gasteiger charge is 2.42. The van der Waals surface area contributed by atoms with Gasteiger partial charge in [-0.05, 0) is 56.7 Å². The quantitative estimate of drug-likeness (QED) is 0.411. The summed E-state index contributed by atoms with van der Waals surface area (Å²) in [7, 11) is 0. The maximum Gasteiger partial charge on any atom is 0.316 e. The Kier molecular flexibility index (Phi) is 7.87. The van der Waals surface area contributed by atoms with Crippen LogP contribution in [0.25, 0.3) is 16.9 Å². The zero-order valence-corrected chi connectivity index (χ0v) is 24.0. The average Bonchev–Trinajstić information content (AvgIpc) is 3.29. The van der Waals surface area contributed by atoms with Crippen LogP contribution in [0, 0.1) is 17.6 Å². The van der Waals surface area contributed by atoms with Gasteiger partial charge in [0.05, 0.1) is 29.3 Å². The van der Waals surface area contributed by atoms with Crippen LogP contribution in [-0.2, 0) is 35.3 Å². The first-order chi connectivity index (χ1) is 19.6. The number of anilines is 1. The van der Waals surface area contributed by atoms with Gasteiger partial charge in [0.25, 0.3) is 0 Å². The van der Waals surface area contributed by atoms with Crippen molar-refractivity contribution in [2.75, 3.05) is 18.5 Å². The molecule has 2 aliphatic rings. The number of aromatic nitrogens is 2. The van der Waals surface area contributed by atoms with E-state index in [1.54, 1.807) is 4.68 Å². The fourth-order valence-corrected chi connectivity index (χ4v) is 6.10. The normalized spacial score (nSPS) is 16.9. The van der Waals surface area contributed by atoms with Gasteiger partial charge in [0, 0.05) is 48.3 Å². The summed E-state index contributed by atoms with van der Waals surface area (Å²) < 4.78 is 38.4. The van der Waals surface area contributed by atoms with Crippen molar-refractivity contribution in [3.8, 4) is 16.9 Å². The molecule has 0 atom stereocenters. The van der Waals surface area contributed by atoms with Gasteiger partial charge in [-0.3, -0.25) is 4.79 Å². The zero-order valence-electron chi connectivity index (χ0n) is 24.0. The second-order valence-corrected chi connectivity index (χ2v) is 11.4. The third-order valence-corrected chi connectivity index (χ3v) is 8.30. The van der Waals surface area contributed by atoms with E-state index >= 15 is 8.78 Å². The fourth-order valence-electron chi connectivity index (χ4n) is 6.10. The van der Waals surface area contributed by atoms with Crippen LogP contribution in [0.5, 0.6) is 0 Å². The molecule has 3 heterocycles. The Labute approximate surface area is 238 Å². The number of hydrogen-bond donors (Lipinski definition) is 2. The Hall–Kier alpha value is -3.79. The SMILES string of the molecule is CCc1cccc(CC)c1-n1nc2c(c1-c1cc(F)c(NC(N)=O)cc1F)CN(C(=O)C1CCOCC1)C(C)(C)C2. The number of aryl methyl sites for hydroxylation is 2. The molecule has 1 saturated heterocycles. The van der Waals surface area contributed by atoms with E-state index in [0.29, 0.717) is 56.6 Å². The number of para-hydroxylation sites is 1. The number of amides is 3. The Morgan fingerprint density at radius 3 is 2.37 bits per heavy atom. The standard InChI is InChI=1S/C31H37F2N5O3/c1-5-18-8-7-9-19(6-2)27(18)38-28(21-14-24(33)25(15-23(21)32)35-30(34)40)22-17-37(31(3,4)16-26(22)36-38)29(39)20-10-12-41-13-11-20/h7-9,14-15,20H,5-6,10-13,16-17H2,1-4H3,(H3,34,35,40). The van der Waals surface area contributed by atoms with E-state index in [-0.39, 0.29) is 29.6 Å². The predicted molar refractivity (Wildman–Crippen MR) is 153 cm³/mol. The average molecular weight is 566 g/mol. The number of primary amides is 1. The molecule has 0 unspecified atom stereocenters. The first-order valence-corrected chi connectivity index (χ1v) is 14.2. The lowest BCUT2D eigenvalue weighted by atomic mass is 9.85. The number of fused-ring (bicyclic) bond motifs is 1. The van der Waals surface area contributed by atoms with E-state index in [4.69, 9.17) is 15.6 Å². The van der Waals surface area contributed by atoms with Crippen molar-refractivity contribution in [2.24, 2.45) is 11.7 Å². The molecule has 0 aliphatic carbocycles. The summed E-state index contributed by atoms with van der Waals surface area (Å²) in [5.74, 6) is -1.67. The van der Waals surface area contributed by atoms with Crippen LogP contribution in [0.4, 0.5) is 19.3 Å². The van der Waals surface area contributed by atoms with Crippen LogP contribution >= 0.6 is 0 Å². The van der Waals surface area contributed by atoms with E-state index in [1.165, 1.54) is 0 Å². The Morgan fingerprint density at radius 1 is 1.10 bits per heavy atom. The molecular formula is C31H37F2N5O3. The number of hydrogen-bond acceptors (Lipinski definition) is 4. The molecule has 2 aromatic carbocycles. The number of urea groups is 1. The Balaban J connectivity index is 1.73. The molecule has 0 spiro atoms. The van der Waals surface area contributed by atoms with Gasteiger partial charge in [0.2, 0.25) is 5.91 Å². The summed E-state index contributed by atoms with van der Waals surface area (Å²) in [6.45, 7) is 9.44. The van der Waals surface area contributed by atoms with E-state index in [2.05, 4.69) is 5.32 Å². The predicted octanol–water partition coefficient (Wildman–Crippen LogP) is 5.52. The van der Waals surface area contributed by atoms with Crippen molar-refractivity contribution in [3.05, 3.63) is 64.4 Å². The maximum absolute atomic E-state index is 15.9. The monoisotopic (exact) mass is 565 g/mol. The number of nitrogens with one attached hydrogen (secondary N) is 1. The summed E-state index contributed by atoms with van der Waals surface area (Å²) in [6, 6.07) is 7.03. The molecule has 10 heteroatoms. The van der Waals surface area contributed by atoms with Crippen LogP contribution < -0.4 is 11.1 Å². The van der Waals surface area contributed by atoms with Crippen molar-refractivity contribution in [1.82, 2.24) is 14.7 Å². The van der Waals surface area contributed by atoms with E-state index < -0.39 is 23.2 Å². The van der Waals surface area contributed by atoms with Gasteiger partial charge < -0.3 is 20.7 Å². The molecule has 1 fully saturated rings. The highest BCUT2D eigenvalue weighted by Crippen LogP contribution is 2.41. The van der Waals surface area contributed by atoms with E-state index in [1.807, 2.05) is 50.8 Å². The third kappa shape index (κ3) is 5.32. The molecule has 218 valence electrons. The van der Waals surface area contributed by atoms with Crippen LogP contribution in [0.1, 0.15) is 62.9 Å². The Morgan fingerprint density at radius 2 is 1.76 bits per heavy atom. The van der Waals surface area contributed by atoms with Gasteiger partial charge in [0.15, 0.2) is 0 Å². The highest BCUT2D eigenvalue weighted by atomic mass is 19.1. The van der Waals surface area contributed by atoms with Gasteiger partial charge in [0.1, 0.15) is 11.6 Å². The summed E-state index contributed by atoms with van der Waals surface area (Å²) in [6.07, 6.45) is 3.19. The number of carbonyl (C=O) groups excluding carboxylic acids is 2. The lowest BCUT2D eigenvalue weighted by molar-refractivity contribution is -0.145. The molecule has 0 radical (unpaired) electrons. The van der Waals surface area contributed by atoms with Crippen LogP contribution in [0.15, 0.2) is 30.3 Å². The van der Waals surface area contributed by atoms with Gasteiger partial charge in [-0.25, -0.2) is 18.3 Å². The first-order valence-electron chi connectivity index (χ1n) is 14.2. The number of nitrogens with two attached hydrogens (primary N) is 1. The van der Waals surface area contributed by atoms with Crippen molar-refractivity contribution in [1.29, 1.82) is 0 Å². The van der Waals surface area contributed by atoms with Crippen molar-refractivity contribution >= 4 is 17.6 Å². The summed E-state index contributed by atoms with van der Waals surface area (Å²) in [5.41, 5.74) is 8.99. The molecule has 2 aliphatic heterocycles. The Bertz CT molecular complexity index is 1470. The summed E-state index contributed by atoms with van der Waals surface area (Å²) in [5, 5.41) is 7.18. The molecule has 1 aromatic heterocycles. The highest BCUT2D eigenvalue weighted by molar-refractivity contribution is 5.88. The van der Waals surface area contributed by atoms with Crippen LogP contribution in [-0.4, -0.2) is 45.4 Å². The molecule has 3 N–H and O–H groups in total. The lowest BCUT2D eigenvalue weighted by Crippen LogP contribution is -2.53. The molecule has 3 amide bonds.